The fraction of sp³-hybridized carbons (Fsp3) is 0.467. The lowest BCUT2D eigenvalue weighted by Crippen LogP contribution is -2.26. The number of nitrogens with one attached hydrogen (secondary N) is 1. The predicted octanol–water partition coefficient (Wildman–Crippen LogP) is 1.95. The van der Waals surface area contributed by atoms with Gasteiger partial charge in [0.15, 0.2) is 0 Å². The van der Waals surface area contributed by atoms with Gasteiger partial charge < -0.3 is 10.4 Å². The zero-order chi connectivity index (χ0) is 17.7. The van der Waals surface area contributed by atoms with Gasteiger partial charge in [0.25, 0.3) is 0 Å². The van der Waals surface area contributed by atoms with Crippen molar-refractivity contribution in [2.24, 2.45) is 0 Å². The van der Waals surface area contributed by atoms with Crippen LogP contribution in [0.5, 0.6) is 0 Å². The van der Waals surface area contributed by atoms with E-state index in [9.17, 15) is 22.4 Å². The summed E-state index contributed by atoms with van der Waals surface area (Å²) in [5.74, 6) is -1.93. The van der Waals surface area contributed by atoms with E-state index in [0.717, 1.165) is 10.4 Å². The van der Waals surface area contributed by atoms with Crippen molar-refractivity contribution < 1.29 is 27.5 Å². The molecule has 9 heteroatoms. The van der Waals surface area contributed by atoms with Gasteiger partial charge in [-0.1, -0.05) is 0 Å². The third-order valence-corrected chi connectivity index (χ3v) is 5.50. The summed E-state index contributed by atoms with van der Waals surface area (Å²) in [6.45, 7) is 0.214. The monoisotopic (exact) mass is 358 g/mol. The molecule has 2 N–H and O–H groups in total. The summed E-state index contributed by atoms with van der Waals surface area (Å²) >= 11 is 0. The number of carboxylic acids is 1. The Kier molecular flexibility index (Phi) is 5.76. The van der Waals surface area contributed by atoms with Crippen LogP contribution in [0.2, 0.25) is 0 Å². The highest BCUT2D eigenvalue weighted by Crippen LogP contribution is 2.29. The summed E-state index contributed by atoms with van der Waals surface area (Å²) in [5, 5.41) is 11.1. The lowest BCUT2D eigenvalue weighted by atomic mass is 10.2. The first-order valence-electron chi connectivity index (χ1n) is 7.61. The number of nitrogens with zero attached hydrogens (tertiary/aromatic N) is 1. The third kappa shape index (κ3) is 4.67. The van der Waals surface area contributed by atoms with Gasteiger partial charge in [-0.25, -0.2) is 12.8 Å². The first-order chi connectivity index (χ1) is 11.3. The molecule has 0 saturated carbocycles. The van der Waals surface area contributed by atoms with Crippen molar-refractivity contribution in [2.45, 2.75) is 32.1 Å². The molecule has 132 valence electrons. The van der Waals surface area contributed by atoms with E-state index in [4.69, 9.17) is 5.11 Å². The molecule has 0 bridgehead atoms. The molecule has 0 aliphatic carbocycles. The molecule has 2 rings (SSSR count). The van der Waals surface area contributed by atoms with Crippen molar-refractivity contribution in [3.8, 4) is 0 Å². The zero-order valence-electron chi connectivity index (χ0n) is 13.0. The summed E-state index contributed by atoms with van der Waals surface area (Å²) in [6.07, 6.45) is 1.39. The number of hydrogen-bond donors (Lipinski definition) is 2. The number of carbonyl (C=O) groups excluding carboxylic acids is 1. The fourth-order valence-electron chi connectivity index (χ4n) is 2.48. The van der Waals surface area contributed by atoms with E-state index in [0.29, 0.717) is 24.9 Å². The Balaban J connectivity index is 2.01. The molecular formula is C15H19FN2O5S. The first-order valence-corrected chi connectivity index (χ1v) is 9.22. The molecular weight excluding hydrogens is 339 g/mol. The molecule has 0 unspecified atom stereocenters. The second-order valence-corrected chi connectivity index (χ2v) is 7.57. The van der Waals surface area contributed by atoms with Crippen LogP contribution in [0, 0.1) is 5.82 Å². The lowest BCUT2D eigenvalue weighted by molar-refractivity contribution is -0.137. The molecule has 0 spiro atoms. The maximum atomic E-state index is 14.0. The van der Waals surface area contributed by atoms with Crippen LogP contribution in [0.15, 0.2) is 18.2 Å². The van der Waals surface area contributed by atoms with Crippen LogP contribution in [0.25, 0.3) is 0 Å². The van der Waals surface area contributed by atoms with Gasteiger partial charge in [-0.2, -0.15) is 0 Å². The maximum absolute atomic E-state index is 14.0. The van der Waals surface area contributed by atoms with E-state index < -0.39 is 21.8 Å². The molecule has 24 heavy (non-hydrogen) atoms. The summed E-state index contributed by atoms with van der Waals surface area (Å²) in [4.78, 5) is 22.2. The van der Waals surface area contributed by atoms with Crippen molar-refractivity contribution in [1.29, 1.82) is 0 Å². The minimum absolute atomic E-state index is 0.000790. The summed E-state index contributed by atoms with van der Waals surface area (Å²) < 4.78 is 38.8. The van der Waals surface area contributed by atoms with E-state index in [1.807, 2.05) is 0 Å². The van der Waals surface area contributed by atoms with Crippen LogP contribution in [-0.4, -0.2) is 37.7 Å². The summed E-state index contributed by atoms with van der Waals surface area (Å²) in [7, 11) is -3.51. The Bertz CT molecular complexity index is 735. The van der Waals surface area contributed by atoms with Crippen molar-refractivity contribution in [3.05, 3.63) is 24.0 Å². The quantitative estimate of drug-likeness (QED) is 0.725. The van der Waals surface area contributed by atoms with Crippen LogP contribution in [0.3, 0.4) is 0 Å². The van der Waals surface area contributed by atoms with Crippen molar-refractivity contribution >= 4 is 33.3 Å². The number of carbonyl (C=O) groups is 2. The predicted molar refractivity (Wildman–Crippen MR) is 86.9 cm³/mol. The van der Waals surface area contributed by atoms with Crippen LogP contribution in [-0.2, 0) is 19.6 Å². The number of sulfonamides is 1. The molecule has 1 aliphatic heterocycles. The SMILES string of the molecule is O=C(O)CCCCC(=O)Nc1ccc(F)c(N2CCCS2(=O)=O)c1. The standard InChI is InChI=1S/C15H19FN2O5S/c16-12-7-6-11(17-14(19)4-1-2-5-15(20)21)10-13(12)18-8-3-9-24(18,22)23/h6-7,10H,1-5,8-9H2,(H,17,19)(H,20,21). The Morgan fingerprint density at radius 2 is 1.96 bits per heavy atom. The Morgan fingerprint density at radius 3 is 2.58 bits per heavy atom. The lowest BCUT2D eigenvalue weighted by Gasteiger charge is -2.18. The largest absolute Gasteiger partial charge is 0.481 e. The molecule has 1 heterocycles. The Morgan fingerprint density at radius 1 is 1.25 bits per heavy atom. The highest BCUT2D eigenvalue weighted by atomic mass is 32.2. The first kappa shape index (κ1) is 18.2. The van der Waals surface area contributed by atoms with Crippen molar-refractivity contribution in [3.63, 3.8) is 0 Å². The third-order valence-electron chi connectivity index (χ3n) is 3.64. The van der Waals surface area contributed by atoms with Crippen molar-refractivity contribution in [2.75, 3.05) is 21.9 Å². The van der Waals surface area contributed by atoms with Crippen molar-refractivity contribution in [1.82, 2.24) is 0 Å². The molecule has 0 aromatic heterocycles. The smallest absolute Gasteiger partial charge is 0.303 e. The molecule has 0 radical (unpaired) electrons. The fourth-order valence-corrected chi connectivity index (χ4v) is 4.04. The van der Waals surface area contributed by atoms with Gasteiger partial charge in [0.1, 0.15) is 5.82 Å². The topological polar surface area (TPSA) is 104 Å². The molecule has 0 atom stereocenters. The van der Waals surface area contributed by atoms with E-state index in [-0.39, 0.29) is 36.7 Å². The van der Waals surface area contributed by atoms with Gasteiger partial charge in [0.2, 0.25) is 15.9 Å². The second-order valence-electron chi connectivity index (χ2n) is 5.56. The van der Waals surface area contributed by atoms with E-state index in [1.165, 1.54) is 12.1 Å². The molecule has 1 aliphatic rings. The van der Waals surface area contributed by atoms with Crippen LogP contribution in [0.4, 0.5) is 15.8 Å². The second kappa shape index (κ2) is 7.61. The van der Waals surface area contributed by atoms with E-state index in [2.05, 4.69) is 5.32 Å². The summed E-state index contributed by atoms with van der Waals surface area (Å²) in [6, 6.07) is 3.77. The maximum Gasteiger partial charge on any atom is 0.303 e. The van der Waals surface area contributed by atoms with Crippen LogP contribution >= 0.6 is 0 Å². The number of halogens is 1. The number of carboxylic acid groups (broad SMARTS) is 1. The van der Waals surface area contributed by atoms with Gasteiger partial charge in [-0.05, 0) is 37.5 Å². The van der Waals surface area contributed by atoms with Gasteiger partial charge in [-0.3, -0.25) is 13.9 Å². The zero-order valence-corrected chi connectivity index (χ0v) is 13.8. The number of benzene rings is 1. The number of rotatable bonds is 7. The van der Waals surface area contributed by atoms with Gasteiger partial charge >= 0.3 is 5.97 Å². The highest BCUT2D eigenvalue weighted by molar-refractivity contribution is 7.93. The minimum atomic E-state index is -3.51. The number of amides is 1. The molecule has 1 fully saturated rings. The number of aliphatic carboxylic acids is 1. The minimum Gasteiger partial charge on any atom is -0.481 e. The number of hydrogen-bond acceptors (Lipinski definition) is 4. The highest BCUT2D eigenvalue weighted by Gasteiger charge is 2.30. The van der Waals surface area contributed by atoms with Gasteiger partial charge in [0.05, 0.1) is 11.4 Å². The van der Waals surface area contributed by atoms with Gasteiger partial charge in [-0.15, -0.1) is 0 Å². The van der Waals surface area contributed by atoms with Crippen LogP contribution in [0.1, 0.15) is 32.1 Å². The number of anilines is 2. The summed E-state index contributed by atoms with van der Waals surface area (Å²) in [5.41, 5.74) is 0.230. The molecule has 1 saturated heterocycles. The molecule has 1 amide bonds. The van der Waals surface area contributed by atoms with E-state index in [1.54, 1.807) is 0 Å². The van der Waals surface area contributed by atoms with Crippen LogP contribution < -0.4 is 9.62 Å². The Hall–Kier alpha value is -2.16. The average Bonchev–Trinajstić information content (AvgIpc) is 2.85. The normalized spacial score (nSPS) is 16.1. The molecule has 1 aromatic carbocycles. The van der Waals surface area contributed by atoms with Gasteiger partial charge in [0, 0.05) is 25.1 Å². The molecule has 7 nitrogen and oxygen atoms in total. The average molecular weight is 358 g/mol. The Labute approximate surface area is 139 Å². The molecule has 1 aromatic rings. The number of unbranched alkanes of at least 4 members (excludes halogenated alkanes) is 1. The van der Waals surface area contributed by atoms with E-state index >= 15 is 0 Å².